The average Bonchev–Trinajstić information content (AvgIpc) is 2.88. The molecule has 0 spiro atoms. The van der Waals surface area contributed by atoms with Crippen LogP contribution in [0, 0.1) is 0 Å². The molecule has 2 aromatic rings. The predicted molar refractivity (Wildman–Crippen MR) is 73.6 cm³/mol. The van der Waals surface area contributed by atoms with Crippen LogP contribution < -0.4 is 5.32 Å². The van der Waals surface area contributed by atoms with Crippen LogP contribution in [0.2, 0.25) is 5.02 Å². The Labute approximate surface area is 116 Å². The first kappa shape index (κ1) is 13.5. The lowest BCUT2D eigenvalue weighted by Crippen LogP contribution is -2.24. The van der Waals surface area contributed by atoms with Crippen LogP contribution in [0.4, 0.5) is 0 Å². The van der Waals surface area contributed by atoms with Crippen molar-refractivity contribution in [1.82, 2.24) is 20.3 Å². The van der Waals surface area contributed by atoms with Gasteiger partial charge in [0.05, 0.1) is 11.9 Å². The summed E-state index contributed by atoms with van der Waals surface area (Å²) in [7, 11) is 0. The first-order chi connectivity index (χ1) is 9.20. The summed E-state index contributed by atoms with van der Waals surface area (Å²) in [5, 5.41) is 11.2. The maximum atomic E-state index is 11.8. The van der Waals surface area contributed by atoms with Gasteiger partial charge in [-0.05, 0) is 24.6 Å². The molecule has 19 heavy (non-hydrogen) atoms. The van der Waals surface area contributed by atoms with E-state index in [0.29, 0.717) is 17.3 Å². The number of aromatic nitrogens is 3. The van der Waals surface area contributed by atoms with Gasteiger partial charge >= 0.3 is 0 Å². The van der Waals surface area contributed by atoms with E-state index in [0.717, 1.165) is 18.5 Å². The molecule has 1 heterocycles. The second kappa shape index (κ2) is 6.33. The van der Waals surface area contributed by atoms with Crippen molar-refractivity contribution in [2.45, 2.75) is 19.8 Å². The first-order valence-corrected chi connectivity index (χ1v) is 6.55. The number of carbonyl (C=O) groups is 1. The Morgan fingerprint density at radius 2 is 2.32 bits per heavy atom. The quantitative estimate of drug-likeness (QED) is 0.855. The maximum absolute atomic E-state index is 11.8. The van der Waals surface area contributed by atoms with Gasteiger partial charge in [-0.3, -0.25) is 4.79 Å². The van der Waals surface area contributed by atoms with E-state index in [1.54, 1.807) is 18.3 Å². The molecule has 0 saturated carbocycles. The van der Waals surface area contributed by atoms with Gasteiger partial charge in [-0.1, -0.05) is 36.2 Å². The van der Waals surface area contributed by atoms with Crippen molar-refractivity contribution in [2.75, 3.05) is 6.54 Å². The molecule has 5 nitrogen and oxygen atoms in total. The van der Waals surface area contributed by atoms with Crippen molar-refractivity contribution >= 4 is 17.5 Å². The Morgan fingerprint density at radius 3 is 3.05 bits per heavy atom. The number of nitrogens with one attached hydrogen (secondary N) is 1. The van der Waals surface area contributed by atoms with E-state index in [1.807, 2.05) is 12.1 Å². The second-order valence-electron chi connectivity index (χ2n) is 4.14. The van der Waals surface area contributed by atoms with E-state index < -0.39 is 0 Å². The molecular weight excluding hydrogens is 264 g/mol. The van der Waals surface area contributed by atoms with Gasteiger partial charge in [0.25, 0.3) is 5.91 Å². The van der Waals surface area contributed by atoms with Gasteiger partial charge in [-0.15, -0.1) is 5.10 Å². The number of halogens is 1. The molecule has 0 aliphatic rings. The summed E-state index contributed by atoms with van der Waals surface area (Å²) in [5.41, 5.74) is 1.07. The van der Waals surface area contributed by atoms with Crippen LogP contribution >= 0.6 is 11.6 Å². The lowest BCUT2D eigenvalue weighted by Gasteiger charge is -2.00. The highest BCUT2D eigenvalue weighted by Gasteiger charge is 2.10. The highest BCUT2D eigenvalue weighted by atomic mass is 35.5. The van der Waals surface area contributed by atoms with Crippen LogP contribution in [0.1, 0.15) is 30.3 Å². The molecule has 100 valence electrons. The van der Waals surface area contributed by atoms with Crippen molar-refractivity contribution < 1.29 is 4.79 Å². The predicted octanol–water partition coefficient (Wildman–Crippen LogP) is 2.45. The summed E-state index contributed by atoms with van der Waals surface area (Å²) in [5.74, 6) is -0.207. The topological polar surface area (TPSA) is 59.8 Å². The minimum Gasteiger partial charge on any atom is -0.351 e. The van der Waals surface area contributed by atoms with Crippen LogP contribution in [0.5, 0.6) is 0 Å². The smallest absolute Gasteiger partial charge is 0.273 e. The monoisotopic (exact) mass is 278 g/mol. The van der Waals surface area contributed by atoms with Crippen LogP contribution in [0.3, 0.4) is 0 Å². The zero-order valence-corrected chi connectivity index (χ0v) is 11.4. The zero-order chi connectivity index (χ0) is 13.7. The van der Waals surface area contributed by atoms with E-state index in [2.05, 4.69) is 22.6 Å². The van der Waals surface area contributed by atoms with Gasteiger partial charge in [-0.25, -0.2) is 4.68 Å². The molecule has 0 bridgehead atoms. The molecule has 1 aromatic carbocycles. The Hall–Kier alpha value is -1.88. The molecule has 1 amide bonds. The third-order valence-corrected chi connectivity index (χ3v) is 2.85. The van der Waals surface area contributed by atoms with Gasteiger partial charge < -0.3 is 5.32 Å². The van der Waals surface area contributed by atoms with E-state index in [9.17, 15) is 4.79 Å². The third-order valence-electron chi connectivity index (χ3n) is 2.61. The number of nitrogens with zero attached hydrogens (tertiary/aromatic N) is 3. The molecular formula is C13H15ClN4O. The molecule has 0 aliphatic heterocycles. The highest BCUT2D eigenvalue weighted by Crippen LogP contribution is 2.13. The van der Waals surface area contributed by atoms with Crippen molar-refractivity contribution in [1.29, 1.82) is 0 Å². The molecule has 2 rings (SSSR count). The van der Waals surface area contributed by atoms with Crippen LogP contribution in [0.25, 0.3) is 5.69 Å². The van der Waals surface area contributed by atoms with Crippen molar-refractivity contribution in [2.24, 2.45) is 0 Å². The largest absolute Gasteiger partial charge is 0.351 e. The summed E-state index contributed by atoms with van der Waals surface area (Å²) >= 11 is 5.91. The number of hydrogen-bond acceptors (Lipinski definition) is 3. The summed E-state index contributed by atoms with van der Waals surface area (Å²) in [6, 6.07) is 7.20. The Balaban J connectivity index is 2.08. The Kier molecular flexibility index (Phi) is 4.52. The van der Waals surface area contributed by atoms with E-state index >= 15 is 0 Å². The van der Waals surface area contributed by atoms with Crippen molar-refractivity contribution in [3.05, 3.63) is 41.2 Å². The molecule has 1 N–H and O–H groups in total. The number of carbonyl (C=O) groups excluding carboxylic acids is 1. The fourth-order valence-corrected chi connectivity index (χ4v) is 1.77. The van der Waals surface area contributed by atoms with Gasteiger partial charge in [0.2, 0.25) is 0 Å². The number of rotatable bonds is 5. The lowest BCUT2D eigenvalue weighted by molar-refractivity contribution is 0.0948. The molecule has 0 aliphatic carbocycles. The van der Waals surface area contributed by atoms with Gasteiger partial charge in [0, 0.05) is 11.6 Å². The van der Waals surface area contributed by atoms with E-state index in [-0.39, 0.29) is 5.91 Å². The molecule has 6 heteroatoms. The van der Waals surface area contributed by atoms with Gasteiger partial charge in [-0.2, -0.15) is 0 Å². The number of hydrogen-bond donors (Lipinski definition) is 1. The molecule has 1 aromatic heterocycles. The second-order valence-corrected chi connectivity index (χ2v) is 4.57. The third kappa shape index (κ3) is 3.54. The lowest BCUT2D eigenvalue weighted by atomic mass is 10.3. The molecule has 0 saturated heterocycles. The standard InChI is InChI=1S/C13H15ClN4O/c1-2-3-7-15-13(19)12-9-18(17-16-12)11-6-4-5-10(14)8-11/h4-6,8-9H,2-3,7H2,1H3,(H,15,19). The van der Waals surface area contributed by atoms with E-state index in [1.165, 1.54) is 4.68 Å². The zero-order valence-electron chi connectivity index (χ0n) is 10.6. The average molecular weight is 279 g/mol. The normalized spacial score (nSPS) is 10.4. The van der Waals surface area contributed by atoms with Crippen molar-refractivity contribution in [3.63, 3.8) is 0 Å². The Bertz CT molecular complexity index is 567. The minimum atomic E-state index is -0.207. The van der Waals surface area contributed by atoms with Crippen LogP contribution in [0.15, 0.2) is 30.5 Å². The highest BCUT2D eigenvalue weighted by molar-refractivity contribution is 6.30. The van der Waals surface area contributed by atoms with Gasteiger partial charge in [0.15, 0.2) is 5.69 Å². The minimum absolute atomic E-state index is 0.207. The van der Waals surface area contributed by atoms with Gasteiger partial charge in [0.1, 0.15) is 0 Å². The number of benzene rings is 1. The number of unbranched alkanes of at least 4 members (excludes halogenated alkanes) is 1. The van der Waals surface area contributed by atoms with Crippen LogP contribution in [-0.2, 0) is 0 Å². The number of amides is 1. The first-order valence-electron chi connectivity index (χ1n) is 6.17. The fraction of sp³-hybridized carbons (Fsp3) is 0.308. The SMILES string of the molecule is CCCCNC(=O)c1cn(-c2cccc(Cl)c2)nn1. The summed E-state index contributed by atoms with van der Waals surface area (Å²) in [6.07, 6.45) is 3.58. The molecule has 0 atom stereocenters. The van der Waals surface area contributed by atoms with E-state index in [4.69, 9.17) is 11.6 Å². The molecule has 0 fully saturated rings. The summed E-state index contributed by atoms with van der Waals surface area (Å²) < 4.78 is 1.53. The molecule has 0 unspecified atom stereocenters. The van der Waals surface area contributed by atoms with Crippen LogP contribution in [-0.4, -0.2) is 27.4 Å². The molecule has 0 radical (unpaired) electrons. The fourth-order valence-electron chi connectivity index (χ4n) is 1.58. The maximum Gasteiger partial charge on any atom is 0.273 e. The van der Waals surface area contributed by atoms with Crippen molar-refractivity contribution in [3.8, 4) is 5.69 Å². The summed E-state index contributed by atoms with van der Waals surface area (Å²) in [6.45, 7) is 2.72. The Morgan fingerprint density at radius 1 is 1.47 bits per heavy atom. The summed E-state index contributed by atoms with van der Waals surface area (Å²) in [4.78, 5) is 11.8.